The number of aromatic nitrogens is 2. The van der Waals surface area contributed by atoms with E-state index in [4.69, 9.17) is 0 Å². The van der Waals surface area contributed by atoms with E-state index in [1.54, 1.807) is 12.1 Å². The summed E-state index contributed by atoms with van der Waals surface area (Å²) in [6.07, 6.45) is 0. The van der Waals surface area contributed by atoms with Crippen LogP contribution in [-0.2, 0) is 4.79 Å². The van der Waals surface area contributed by atoms with Crippen molar-refractivity contribution < 1.29 is 9.59 Å². The number of hydrogen-bond acceptors (Lipinski definition) is 6. The molecule has 0 spiro atoms. The minimum Gasteiger partial charge on any atom is -0.339 e. The molecule has 26 heavy (non-hydrogen) atoms. The molecule has 134 valence electrons. The fourth-order valence-electron chi connectivity index (χ4n) is 2.31. The third kappa shape index (κ3) is 4.33. The molecular formula is C18H18N4O2S2. The van der Waals surface area contributed by atoms with Gasteiger partial charge in [0, 0.05) is 5.56 Å². The van der Waals surface area contributed by atoms with Gasteiger partial charge in [0.15, 0.2) is 0 Å². The Morgan fingerprint density at radius 1 is 1.04 bits per heavy atom. The maximum Gasteiger partial charge on any atom is 0.262 e. The largest absolute Gasteiger partial charge is 0.339 e. The molecule has 1 atom stereocenters. The quantitative estimate of drug-likeness (QED) is 0.677. The topological polar surface area (TPSA) is 84.0 Å². The fraction of sp³-hybridized carbons (Fsp3) is 0.222. The van der Waals surface area contributed by atoms with Crippen LogP contribution < -0.4 is 10.6 Å². The zero-order valence-electron chi connectivity index (χ0n) is 14.3. The Kier molecular flexibility index (Phi) is 5.75. The molecule has 0 aliphatic rings. The van der Waals surface area contributed by atoms with Gasteiger partial charge in [0.2, 0.25) is 11.0 Å². The van der Waals surface area contributed by atoms with Crippen molar-refractivity contribution in [1.29, 1.82) is 0 Å². The number of nitrogens with one attached hydrogen (secondary N) is 2. The van der Waals surface area contributed by atoms with Crippen molar-refractivity contribution in [3.63, 3.8) is 0 Å². The van der Waals surface area contributed by atoms with Crippen molar-refractivity contribution in [1.82, 2.24) is 15.5 Å². The molecule has 0 aliphatic carbocycles. The maximum absolute atomic E-state index is 12.6. The molecule has 0 aliphatic heterocycles. The van der Waals surface area contributed by atoms with Gasteiger partial charge < -0.3 is 5.32 Å². The van der Waals surface area contributed by atoms with Crippen molar-refractivity contribution in [2.45, 2.75) is 19.9 Å². The molecule has 2 N–H and O–H groups in total. The van der Waals surface area contributed by atoms with Gasteiger partial charge in [-0.3, -0.25) is 14.9 Å². The summed E-state index contributed by atoms with van der Waals surface area (Å²) in [5, 5.41) is 16.7. The van der Waals surface area contributed by atoms with E-state index in [0.29, 0.717) is 10.0 Å². The van der Waals surface area contributed by atoms with Crippen LogP contribution in [0.1, 0.15) is 23.5 Å². The lowest BCUT2D eigenvalue weighted by atomic mass is 10.0. The van der Waals surface area contributed by atoms with E-state index in [0.717, 1.165) is 10.6 Å². The molecular weight excluding hydrogens is 368 g/mol. The molecule has 3 aromatic rings. The molecule has 3 rings (SSSR count). The Hall–Kier alpha value is -2.58. The highest BCUT2D eigenvalue weighted by Gasteiger charge is 2.26. The Balaban J connectivity index is 1.68. The normalized spacial score (nSPS) is 12.0. The molecule has 8 heteroatoms. The molecule has 2 amide bonds. The summed E-state index contributed by atoms with van der Waals surface area (Å²) < 4.78 is 0. The average molecular weight is 387 g/mol. The standard InChI is InChI=1S/C18H18N4O2S2/c1-11(2)14(19-15(23)13-9-6-10-25-13)16(24)20-18-22-21-17(26-18)12-7-4-3-5-8-12/h3-11,14H,1-2H3,(H,19,23)(H,20,22,24). The lowest BCUT2D eigenvalue weighted by Gasteiger charge is -2.20. The van der Waals surface area contributed by atoms with E-state index in [-0.39, 0.29) is 17.7 Å². The molecule has 0 fully saturated rings. The van der Waals surface area contributed by atoms with Gasteiger partial charge in [-0.25, -0.2) is 0 Å². The van der Waals surface area contributed by atoms with Crippen LogP contribution >= 0.6 is 22.7 Å². The van der Waals surface area contributed by atoms with E-state index in [1.807, 2.05) is 49.6 Å². The van der Waals surface area contributed by atoms with Crippen LogP contribution in [0.2, 0.25) is 0 Å². The Morgan fingerprint density at radius 3 is 2.46 bits per heavy atom. The van der Waals surface area contributed by atoms with Gasteiger partial charge in [0.25, 0.3) is 5.91 Å². The molecule has 0 radical (unpaired) electrons. The summed E-state index contributed by atoms with van der Waals surface area (Å²) >= 11 is 2.63. The summed E-state index contributed by atoms with van der Waals surface area (Å²) in [7, 11) is 0. The monoisotopic (exact) mass is 386 g/mol. The lowest BCUT2D eigenvalue weighted by molar-refractivity contribution is -0.118. The van der Waals surface area contributed by atoms with Crippen LogP contribution in [0.5, 0.6) is 0 Å². The van der Waals surface area contributed by atoms with Crippen LogP contribution in [0.3, 0.4) is 0 Å². The highest BCUT2D eigenvalue weighted by molar-refractivity contribution is 7.18. The number of hydrogen-bond donors (Lipinski definition) is 2. The van der Waals surface area contributed by atoms with E-state index < -0.39 is 6.04 Å². The number of rotatable bonds is 6. The number of carbonyl (C=O) groups excluding carboxylic acids is 2. The number of benzene rings is 1. The molecule has 2 aromatic heterocycles. The first kappa shape index (κ1) is 18.2. The molecule has 1 unspecified atom stereocenters. The van der Waals surface area contributed by atoms with Gasteiger partial charge in [-0.2, -0.15) is 0 Å². The highest BCUT2D eigenvalue weighted by atomic mass is 32.1. The first-order valence-corrected chi connectivity index (χ1v) is 9.78. The smallest absolute Gasteiger partial charge is 0.262 e. The predicted molar refractivity (Wildman–Crippen MR) is 104 cm³/mol. The second-order valence-corrected chi connectivity index (χ2v) is 7.87. The fourth-order valence-corrected chi connectivity index (χ4v) is 3.69. The molecule has 0 bridgehead atoms. The third-order valence-electron chi connectivity index (χ3n) is 3.66. The zero-order valence-corrected chi connectivity index (χ0v) is 15.9. The van der Waals surface area contributed by atoms with E-state index >= 15 is 0 Å². The SMILES string of the molecule is CC(C)C(NC(=O)c1cccs1)C(=O)Nc1nnc(-c2ccccc2)s1. The van der Waals surface area contributed by atoms with Crippen molar-refractivity contribution in [3.05, 3.63) is 52.7 Å². The number of amides is 2. The van der Waals surface area contributed by atoms with Crippen LogP contribution in [0.15, 0.2) is 47.8 Å². The molecule has 1 aromatic carbocycles. The predicted octanol–water partition coefficient (Wildman–Crippen LogP) is 3.66. The second kappa shape index (κ2) is 8.20. The summed E-state index contributed by atoms with van der Waals surface area (Å²) in [5.41, 5.74) is 0.942. The van der Waals surface area contributed by atoms with Crippen molar-refractivity contribution in [3.8, 4) is 10.6 Å². The second-order valence-electron chi connectivity index (χ2n) is 5.94. The number of carbonyl (C=O) groups is 2. The summed E-state index contributed by atoms with van der Waals surface area (Å²) in [6.45, 7) is 3.77. The van der Waals surface area contributed by atoms with Crippen LogP contribution in [0.4, 0.5) is 5.13 Å². The maximum atomic E-state index is 12.6. The third-order valence-corrected chi connectivity index (χ3v) is 5.41. The summed E-state index contributed by atoms with van der Waals surface area (Å²) in [4.78, 5) is 25.5. The van der Waals surface area contributed by atoms with Crippen LogP contribution in [0.25, 0.3) is 10.6 Å². The van der Waals surface area contributed by atoms with Crippen LogP contribution in [-0.4, -0.2) is 28.1 Å². The zero-order chi connectivity index (χ0) is 18.5. The molecule has 0 saturated heterocycles. The lowest BCUT2D eigenvalue weighted by Crippen LogP contribution is -2.46. The Bertz CT molecular complexity index is 876. The Morgan fingerprint density at radius 2 is 1.81 bits per heavy atom. The molecule has 2 heterocycles. The minimum atomic E-state index is -0.659. The highest BCUT2D eigenvalue weighted by Crippen LogP contribution is 2.26. The van der Waals surface area contributed by atoms with Crippen molar-refractivity contribution in [2.75, 3.05) is 5.32 Å². The Labute approximate surface area is 159 Å². The number of nitrogens with zero attached hydrogens (tertiary/aromatic N) is 2. The first-order valence-electron chi connectivity index (χ1n) is 8.08. The van der Waals surface area contributed by atoms with Crippen molar-refractivity contribution in [2.24, 2.45) is 5.92 Å². The van der Waals surface area contributed by atoms with Crippen LogP contribution in [0, 0.1) is 5.92 Å². The minimum absolute atomic E-state index is 0.0690. The van der Waals surface area contributed by atoms with Gasteiger partial charge in [-0.1, -0.05) is 61.6 Å². The van der Waals surface area contributed by atoms with E-state index in [9.17, 15) is 9.59 Å². The molecule has 6 nitrogen and oxygen atoms in total. The first-order chi connectivity index (χ1) is 12.5. The van der Waals surface area contributed by atoms with Gasteiger partial charge in [0.1, 0.15) is 11.0 Å². The summed E-state index contributed by atoms with van der Waals surface area (Å²) in [5.74, 6) is -0.628. The molecule has 0 saturated carbocycles. The van der Waals surface area contributed by atoms with Gasteiger partial charge in [-0.05, 0) is 17.4 Å². The summed E-state index contributed by atoms with van der Waals surface area (Å²) in [6, 6.07) is 12.5. The average Bonchev–Trinajstić information content (AvgIpc) is 3.32. The van der Waals surface area contributed by atoms with E-state index in [2.05, 4.69) is 20.8 Å². The van der Waals surface area contributed by atoms with Gasteiger partial charge in [-0.15, -0.1) is 21.5 Å². The number of thiophene rings is 1. The van der Waals surface area contributed by atoms with E-state index in [1.165, 1.54) is 22.7 Å². The number of anilines is 1. The van der Waals surface area contributed by atoms with Gasteiger partial charge in [0.05, 0.1) is 4.88 Å². The van der Waals surface area contributed by atoms with Crippen molar-refractivity contribution >= 4 is 39.6 Å². The van der Waals surface area contributed by atoms with Gasteiger partial charge >= 0.3 is 0 Å².